The van der Waals surface area contributed by atoms with Gasteiger partial charge in [0.15, 0.2) is 0 Å². The molecule has 0 aromatic carbocycles. The Morgan fingerprint density at radius 1 is 1.29 bits per heavy atom. The lowest BCUT2D eigenvalue weighted by atomic mass is 9.84. The molecule has 0 radical (unpaired) electrons. The number of nitrogens with one attached hydrogen (secondary N) is 1. The highest BCUT2D eigenvalue weighted by molar-refractivity contribution is 5.01. The Morgan fingerprint density at radius 2 is 2.00 bits per heavy atom. The maximum atomic E-state index is 4.84. The molecular weight excluding hydrogens is 258 g/mol. The molecule has 3 heteroatoms. The van der Waals surface area contributed by atoms with E-state index in [1.807, 2.05) is 0 Å². The molecule has 0 aliphatic heterocycles. The Hall–Kier alpha value is -0.830. The number of nitrogens with zero attached hydrogens (tertiary/aromatic N) is 2. The summed E-state index contributed by atoms with van der Waals surface area (Å²) in [6.45, 7) is 10.2. The Balaban J connectivity index is 1.89. The number of aryl methyl sites for hydroxylation is 1. The molecule has 1 aliphatic carbocycles. The van der Waals surface area contributed by atoms with Crippen LogP contribution in [0.3, 0.4) is 0 Å². The average Bonchev–Trinajstić information content (AvgIpc) is 2.92. The molecule has 120 valence electrons. The first kappa shape index (κ1) is 16.5. The van der Waals surface area contributed by atoms with E-state index < -0.39 is 0 Å². The van der Waals surface area contributed by atoms with Gasteiger partial charge in [-0.25, -0.2) is 0 Å². The van der Waals surface area contributed by atoms with Crippen molar-refractivity contribution in [3.8, 4) is 0 Å². The van der Waals surface area contributed by atoms with E-state index in [2.05, 4.69) is 50.0 Å². The largest absolute Gasteiger partial charge is 0.314 e. The van der Waals surface area contributed by atoms with Gasteiger partial charge in [0.2, 0.25) is 0 Å². The molecule has 0 amide bonds. The number of aromatic nitrogens is 2. The minimum absolute atomic E-state index is 0.307. The molecule has 1 fully saturated rings. The van der Waals surface area contributed by atoms with Crippen molar-refractivity contribution in [1.82, 2.24) is 15.1 Å². The predicted octanol–water partition coefficient (Wildman–Crippen LogP) is 4.35. The predicted molar refractivity (Wildman–Crippen MR) is 89.6 cm³/mol. The second-order valence-electron chi connectivity index (χ2n) is 7.59. The molecule has 1 atom stereocenters. The quantitative estimate of drug-likeness (QED) is 0.844. The molecule has 3 nitrogen and oxygen atoms in total. The van der Waals surface area contributed by atoms with Crippen LogP contribution in [0.15, 0.2) is 12.3 Å². The van der Waals surface area contributed by atoms with E-state index in [9.17, 15) is 0 Å². The van der Waals surface area contributed by atoms with Crippen molar-refractivity contribution in [3.63, 3.8) is 0 Å². The molecular formula is C18H33N3. The summed E-state index contributed by atoms with van der Waals surface area (Å²) in [5.41, 5.74) is 1.56. The Morgan fingerprint density at radius 3 is 2.62 bits per heavy atom. The highest BCUT2D eigenvalue weighted by Gasteiger charge is 2.23. The van der Waals surface area contributed by atoms with E-state index in [1.165, 1.54) is 44.2 Å². The summed E-state index contributed by atoms with van der Waals surface area (Å²) in [7, 11) is 0. The average molecular weight is 291 g/mol. The summed E-state index contributed by atoms with van der Waals surface area (Å²) in [5.74, 6) is 0. The van der Waals surface area contributed by atoms with Crippen LogP contribution in [0.1, 0.15) is 78.0 Å². The van der Waals surface area contributed by atoms with Crippen molar-refractivity contribution in [1.29, 1.82) is 0 Å². The summed E-state index contributed by atoms with van der Waals surface area (Å²) >= 11 is 0. The van der Waals surface area contributed by atoms with Crippen LogP contribution < -0.4 is 5.32 Å². The molecule has 1 aliphatic rings. The van der Waals surface area contributed by atoms with Crippen LogP contribution in [-0.4, -0.2) is 22.4 Å². The molecule has 0 bridgehead atoms. The van der Waals surface area contributed by atoms with Crippen molar-refractivity contribution in [2.45, 2.75) is 84.7 Å². The van der Waals surface area contributed by atoms with Crippen LogP contribution in [0.25, 0.3) is 0 Å². The van der Waals surface area contributed by atoms with E-state index in [4.69, 9.17) is 5.10 Å². The molecule has 1 aromatic rings. The molecule has 2 rings (SSSR count). The normalized spacial score (nSPS) is 18.9. The molecule has 0 spiro atoms. The minimum Gasteiger partial charge on any atom is -0.314 e. The Kier molecular flexibility index (Phi) is 5.86. The van der Waals surface area contributed by atoms with Crippen LogP contribution in [0.2, 0.25) is 0 Å². The molecule has 0 saturated heterocycles. The lowest BCUT2D eigenvalue weighted by Crippen LogP contribution is -2.40. The third kappa shape index (κ3) is 4.84. The van der Waals surface area contributed by atoms with Crippen LogP contribution in [0, 0.1) is 5.41 Å². The zero-order chi connectivity index (χ0) is 15.3. The van der Waals surface area contributed by atoms with E-state index in [-0.39, 0.29) is 0 Å². The topological polar surface area (TPSA) is 29.9 Å². The lowest BCUT2D eigenvalue weighted by Gasteiger charge is -2.31. The summed E-state index contributed by atoms with van der Waals surface area (Å²) in [4.78, 5) is 0. The monoisotopic (exact) mass is 291 g/mol. The second kappa shape index (κ2) is 7.44. The van der Waals surface area contributed by atoms with Crippen LogP contribution in [-0.2, 0) is 6.42 Å². The van der Waals surface area contributed by atoms with Gasteiger partial charge in [0.1, 0.15) is 0 Å². The van der Waals surface area contributed by atoms with Gasteiger partial charge in [-0.3, -0.25) is 4.68 Å². The van der Waals surface area contributed by atoms with Gasteiger partial charge in [0, 0.05) is 12.2 Å². The van der Waals surface area contributed by atoms with Crippen LogP contribution in [0.4, 0.5) is 0 Å². The molecule has 1 saturated carbocycles. The molecule has 1 N–H and O–H groups in total. The fraction of sp³-hybridized carbons (Fsp3) is 0.833. The van der Waals surface area contributed by atoms with Crippen LogP contribution >= 0.6 is 0 Å². The maximum Gasteiger partial charge on any atom is 0.0625 e. The Bertz CT molecular complexity index is 410. The SMILES string of the molecule is CCNC(CCc1ccn(C2CCCCC2)n1)C(C)(C)C. The summed E-state index contributed by atoms with van der Waals surface area (Å²) in [5, 5.41) is 8.47. The Labute approximate surface area is 130 Å². The zero-order valence-electron chi connectivity index (χ0n) is 14.4. The van der Waals surface area contributed by atoms with Crippen molar-refractivity contribution in [3.05, 3.63) is 18.0 Å². The van der Waals surface area contributed by atoms with Gasteiger partial charge in [-0.2, -0.15) is 5.10 Å². The first-order valence-electron chi connectivity index (χ1n) is 8.78. The first-order chi connectivity index (χ1) is 10.0. The fourth-order valence-electron chi connectivity index (χ4n) is 3.44. The second-order valence-corrected chi connectivity index (χ2v) is 7.59. The summed E-state index contributed by atoms with van der Waals surface area (Å²) in [6.07, 6.45) is 11.2. The van der Waals surface area contributed by atoms with E-state index >= 15 is 0 Å². The third-order valence-electron chi connectivity index (χ3n) is 4.80. The van der Waals surface area contributed by atoms with Gasteiger partial charge in [-0.15, -0.1) is 0 Å². The standard InChI is InChI=1S/C18H33N3/c1-5-19-17(18(2,3)4)12-11-15-13-14-21(20-15)16-9-7-6-8-10-16/h13-14,16-17,19H,5-12H2,1-4H3. The van der Waals surface area contributed by atoms with Crippen molar-refractivity contribution < 1.29 is 0 Å². The molecule has 21 heavy (non-hydrogen) atoms. The molecule has 1 heterocycles. The highest BCUT2D eigenvalue weighted by Crippen LogP contribution is 2.28. The zero-order valence-corrected chi connectivity index (χ0v) is 14.4. The van der Waals surface area contributed by atoms with E-state index in [0.29, 0.717) is 17.5 Å². The number of rotatable bonds is 6. The highest BCUT2D eigenvalue weighted by atomic mass is 15.3. The third-order valence-corrected chi connectivity index (χ3v) is 4.80. The van der Waals surface area contributed by atoms with Gasteiger partial charge in [0.25, 0.3) is 0 Å². The summed E-state index contributed by atoms with van der Waals surface area (Å²) < 4.78 is 2.23. The number of hydrogen-bond donors (Lipinski definition) is 1. The lowest BCUT2D eigenvalue weighted by molar-refractivity contribution is 0.257. The van der Waals surface area contributed by atoms with Gasteiger partial charge < -0.3 is 5.32 Å². The van der Waals surface area contributed by atoms with E-state index in [0.717, 1.165) is 13.0 Å². The molecule has 1 unspecified atom stereocenters. The van der Waals surface area contributed by atoms with Gasteiger partial charge in [0.05, 0.1) is 11.7 Å². The fourth-order valence-corrected chi connectivity index (χ4v) is 3.44. The summed E-state index contributed by atoms with van der Waals surface area (Å²) in [6, 6.07) is 3.43. The van der Waals surface area contributed by atoms with Crippen molar-refractivity contribution in [2.24, 2.45) is 5.41 Å². The smallest absolute Gasteiger partial charge is 0.0625 e. The minimum atomic E-state index is 0.307. The molecule has 1 aromatic heterocycles. The van der Waals surface area contributed by atoms with Crippen molar-refractivity contribution in [2.75, 3.05) is 6.54 Å². The number of hydrogen-bond acceptors (Lipinski definition) is 2. The van der Waals surface area contributed by atoms with E-state index in [1.54, 1.807) is 0 Å². The van der Waals surface area contributed by atoms with Gasteiger partial charge >= 0.3 is 0 Å². The van der Waals surface area contributed by atoms with Crippen LogP contribution in [0.5, 0.6) is 0 Å². The van der Waals surface area contributed by atoms with Gasteiger partial charge in [-0.1, -0.05) is 47.0 Å². The van der Waals surface area contributed by atoms with Crippen molar-refractivity contribution >= 4 is 0 Å². The maximum absolute atomic E-state index is 4.84. The first-order valence-corrected chi connectivity index (χ1v) is 8.78. The van der Waals surface area contributed by atoms with Gasteiger partial charge in [-0.05, 0) is 43.7 Å².